The second-order valence-corrected chi connectivity index (χ2v) is 6.64. The first-order valence-corrected chi connectivity index (χ1v) is 8.77. The Labute approximate surface area is 148 Å². The van der Waals surface area contributed by atoms with E-state index in [2.05, 4.69) is 71.5 Å². The van der Waals surface area contributed by atoms with Crippen LogP contribution in [0.25, 0.3) is 0 Å². The van der Waals surface area contributed by atoms with Crippen LogP contribution in [-0.2, 0) is 6.42 Å². The summed E-state index contributed by atoms with van der Waals surface area (Å²) in [7, 11) is 0. The third-order valence-corrected chi connectivity index (χ3v) is 4.63. The van der Waals surface area contributed by atoms with Gasteiger partial charge in [-0.15, -0.1) is 0 Å². The molecule has 0 radical (unpaired) electrons. The third-order valence-electron chi connectivity index (χ3n) is 4.63. The van der Waals surface area contributed by atoms with Gasteiger partial charge < -0.3 is 10.2 Å². The first-order chi connectivity index (χ1) is 12.2. The van der Waals surface area contributed by atoms with Crippen molar-refractivity contribution in [3.05, 3.63) is 71.9 Å². The predicted molar refractivity (Wildman–Crippen MR) is 103 cm³/mol. The number of benzene rings is 2. The summed E-state index contributed by atoms with van der Waals surface area (Å²) in [6.45, 7) is 5.34. The Morgan fingerprint density at radius 2 is 1.80 bits per heavy atom. The molecule has 0 atom stereocenters. The van der Waals surface area contributed by atoms with E-state index in [1.54, 1.807) is 0 Å². The van der Waals surface area contributed by atoms with E-state index >= 15 is 0 Å². The van der Waals surface area contributed by atoms with Crippen molar-refractivity contribution in [3.63, 3.8) is 0 Å². The van der Waals surface area contributed by atoms with Gasteiger partial charge in [-0.2, -0.15) is 4.98 Å². The summed E-state index contributed by atoms with van der Waals surface area (Å²) in [6.07, 6.45) is 2.88. The second-order valence-electron chi connectivity index (χ2n) is 6.64. The van der Waals surface area contributed by atoms with Crippen LogP contribution in [-0.4, -0.2) is 16.5 Å². The van der Waals surface area contributed by atoms with Gasteiger partial charge in [-0.3, -0.25) is 0 Å². The molecular formula is C21H22N4. The van der Waals surface area contributed by atoms with Gasteiger partial charge in [-0.05, 0) is 41.7 Å². The van der Waals surface area contributed by atoms with Crippen molar-refractivity contribution >= 4 is 23.1 Å². The zero-order valence-corrected chi connectivity index (χ0v) is 14.6. The fourth-order valence-electron chi connectivity index (χ4n) is 3.37. The lowest BCUT2D eigenvalue weighted by Gasteiger charge is -2.19. The maximum Gasteiger partial charge on any atom is 0.229 e. The fraction of sp³-hybridized carbons (Fsp3) is 0.238. The molecule has 4 rings (SSSR count). The van der Waals surface area contributed by atoms with Crippen LogP contribution in [0.15, 0.2) is 60.8 Å². The number of hydrogen-bond acceptors (Lipinski definition) is 4. The van der Waals surface area contributed by atoms with Crippen molar-refractivity contribution in [2.45, 2.75) is 26.2 Å². The van der Waals surface area contributed by atoms with E-state index in [-0.39, 0.29) is 0 Å². The highest BCUT2D eigenvalue weighted by Crippen LogP contribution is 2.33. The topological polar surface area (TPSA) is 41.1 Å². The lowest BCUT2D eigenvalue weighted by Crippen LogP contribution is -2.15. The Bertz CT molecular complexity index is 888. The van der Waals surface area contributed by atoms with Gasteiger partial charge >= 0.3 is 0 Å². The van der Waals surface area contributed by atoms with E-state index in [0.717, 1.165) is 24.5 Å². The number of nitrogens with zero attached hydrogens (tertiary/aromatic N) is 3. The van der Waals surface area contributed by atoms with Crippen LogP contribution in [0.3, 0.4) is 0 Å². The molecule has 0 saturated heterocycles. The number of fused-ring (bicyclic) bond motifs is 1. The first kappa shape index (κ1) is 15.6. The minimum Gasteiger partial charge on any atom is -0.326 e. The molecule has 0 amide bonds. The van der Waals surface area contributed by atoms with Gasteiger partial charge in [0.1, 0.15) is 5.82 Å². The van der Waals surface area contributed by atoms with Gasteiger partial charge in [0.25, 0.3) is 0 Å². The van der Waals surface area contributed by atoms with Crippen LogP contribution in [0.5, 0.6) is 0 Å². The molecule has 2 heterocycles. The molecule has 4 nitrogen and oxygen atoms in total. The fourth-order valence-corrected chi connectivity index (χ4v) is 3.37. The van der Waals surface area contributed by atoms with Crippen molar-refractivity contribution in [2.75, 3.05) is 16.8 Å². The zero-order valence-electron chi connectivity index (χ0n) is 14.6. The number of hydrogen-bond donors (Lipinski definition) is 1. The van der Waals surface area contributed by atoms with E-state index in [1.165, 1.54) is 16.8 Å². The summed E-state index contributed by atoms with van der Waals surface area (Å²) in [4.78, 5) is 11.4. The van der Waals surface area contributed by atoms with Crippen molar-refractivity contribution in [3.8, 4) is 0 Å². The summed E-state index contributed by atoms with van der Waals surface area (Å²) in [5.74, 6) is 2.01. The minimum atomic E-state index is 0.442. The normalized spacial score (nSPS) is 13.2. The highest BCUT2D eigenvalue weighted by Gasteiger charge is 2.21. The van der Waals surface area contributed by atoms with Gasteiger partial charge in [0.05, 0.1) is 0 Å². The van der Waals surface area contributed by atoms with Crippen LogP contribution in [0.1, 0.15) is 30.9 Å². The average molecular weight is 330 g/mol. The Hall–Kier alpha value is -2.88. The minimum absolute atomic E-state index is 0.442. The first-order valence-electron chi connectivity index (χ1n) is 8.77. The SMILES string of the molecule is CC(C)c1ccccc1Nc1nccc(N2CCc3ccccc32)n1. The number of aromatic nitrogens is 2. The summed E-state index contributed by atoms with van der Waals surface area (Å²) in [6, 6.07) is 18.8. The molecule has 0 unspecified atom stereocenters. The Morgan fingerprint density at radius 3 is 2.68 bits per heavy atom. The molecule has 1 aromatic heterocycles. The standard InChI is InChI=1S/C21H22N4/c1-15(2)17-8-4-5-9-18(17)23-21-22-13-11-20(24-21)25-14-12-16-7-3-6-10-19(16)25/h3-11,13,15H,12,14H2,1-2H3,(H,22,23,24). The average Bonchev–Trinajstić information content (AvgIpc) is 3.06. The monoisotopic (exact) mass is 330 g/mol. The zero-order chi connectivity index (χ0) is 17.2. The molecule has 4 heteroatoms. The third kappa shape index (κ3) is 3.07. The van der Waals surface area contributed by atoms with Crippen molar-refractivity contribution in [1.29, 1.82) is 0 Å². The van der Waals surface area contributed by atoms with Gasteiger partial charge in [-0.25, -0.2) is 4.98 Å². The van der Waals surface area contributed by atoms with E-state index < -0.39 is 0 Å². The summed E-state index contributed by atoms with van der Waals surface area (Å²) < 4.78 is 0. The molecule has 1 N–H and O–H groups in total. The number of rotatable bonds is 4. The summed E-state index contributed by atoms with van der Waals surface area (Å²) in [5.41, 5.74) is 4.95. The molecule has 126 valence electrons. The predicted octanol–water partition coefficient (Wildman–Crippen LogP) is 5.04. The Balaban J connectivity index is 1.63. The lowest BCUT2D eigenvalue weighted by atomic mass is 10.0. The largest absolute Gasteiger partial charge is 0.326 e. The molecule has 0 saturated carbocycles. The van der Waals surface area contributed by atoms with E-state index in [4.69, 9.17) is 4.98 Å². The van der Waals surface area contributed by atoms with Crippen LogP contribution in [0, 0.1) is 0 Å². The van der Waals surface area contributed by atoms with Crippen molar-refractivity contribution < 1.29 is 0 Å². The number of para-hydroxylation sites is 2. The van der Waals surface area contributed by atoms with E-state index in [0.29, 0.717) is 11.9 Å². The van der Waals surface area contributed by atoms with Gasteiger partial charge in [0.15, 0.2) is 0 Å². The van der Waals surface area contributed by atoms with Crippen LogP contribution in [0.2, 0.25) is 0 Å². The van der Waals surface area contributed by atoms with Crippen LogP contribution in [0.4, 0.5) is 23.1 Å². The maximum absolute atomic E-state index is 4.75. The number of nitrogens with one attached hydrogen (secondary N) is 1. The molecule has 25 heavy (non-hydrogen) atoms. The Morgan fingerprint density at radius 1 is 1.00 bits per heavy atom. The van der Waals surface area contributed by atoms with E-state index in [9.17, 15) is 0 Å². The van der Waals surface area contributed by atoms with Gasteiger partial charge in [0.2, 0.25) is 5.95 Å². The molecule has 0 bridgehead atoms. The van der Waals surface area contributed by atoms with E-state index in [1.807, 2.05) is 18.3 Å². The molecule has 2 aromatic carbocycles. The highest BCUT2D eigenvalue weighted by molar-refractivity contribution is 5.68. The van der Waals surface area contributed by atoms with Crippen LogP contribution >= 0.6 is 0 Å². The quantitative estimate of drug-likeness (QED) is 0.728. The molecule has 0 fully saturated rings. The van der Waals surface area contributed by atoms with Crippen LogP contribution < -0.4 is 10.2 Å². The maximum atomic E-state index is 4.75. The second kappa shape index (κ2) is 6.55. The van der Waals surface area contributed by atoms with Gasteiger partial charge in [-0.1, -0.05) is 50.2 Å². The smallest absolute Gasteiger partial charge is 0.229 e. The lowest BCUT2D eigenvalue weighted by molar-refractivity contribution is 0.868. The molecule has 1 aliphatic rings. The molecular weight excluding hydrogens is 308 g/mol. The highest BCUT2D eigenvalue weighted by atomic mass is 15.2. The molecule has 3 aromatic rings. The summed E-state index contributed by atoms with van der Waals surface area (Å²) >= 11 is 0. The number of anilines is 4. The van der Waals surface area contributed by atoms with Crippen molar-refractivity contribution in [1.82, 2.24) is 9.97 Å². The van der Waals surface area contributed by atoms with Crippen molar-refractivity contribution in [2.24, 2.45) is 0 Å². The Kier molecular flexibility index (Phi) is 4.10. The molecule has 1 aliphatic heterocycles. The summed E-state index contributed by atoms with van der Waals surface area (Å²) in [5, 5.41) is 3.39. The molecule has 0 aliphatic carbocycles. The molecule has 0 spiro atoms. The van der Waals surface area contributed by atoms with Gasteiger partial charge in [0, 0.05) is 24.1 Å².